The Morgan fingerprint density at radius 1 is 1.14 bits per heavy atom. The van der Waals surface area contributed by atoms with E-state index in [1.54, 1.807) is 0 Å². The number of carbonyl (C=O) groups is 5. The average molecular weight is 558 g/mol. The van der Waals surface area contributed by atoms with E-state index < -0.39 is 58.7 Å². The Balaban J connectivity index is 1.58. The van der Waals surface area contributed by atoms with Crippen LogP contribution in [-0.4, -0.2) is 51.0 Å². The topological polar surface area (TPSA) is 129 Å². The predicted octanol–water partition coefficient (Wildman–Crippen LogP) is 3.16. The van der Waals surface area contributed by atoms with Crippen LogP contribution in [0, 0.1) is 23.6 Å². The van der Waals surface area contributed by atoms with Crippen molar-refractivity contribution in [3.8, 4) is 5.75 Å². The average Bonchev–Trinajstić information content (AvgIpc) is 3.08. The molecule has 2 N–H and O–H groups in total. The van der Waals surface area contributed by atoms with Crippen molar-refractivity contribution in [1.29, 1.82) is 0 Å². The van der Waals surface area contributed by atoms with Crippen molar-refractivity contribution in [3.05, 3.63) is 62.9 Å². The first kappa shape index (κ1) is 24.3. The highest BCUT2D eigenvalue weighted by Crippen LogP contribution is 2.55. The van der Waals surface area contributed by atoms with Crippen LogP contribution in [0.15, 0.2) is 51.6 Å². The number of ketones is 2. The van der Waals surface area contributed by atoms with E-state index in [9.17, 15) is 33.5 Å². The monoisotopic (exact) mass is 557 g/mol. The number of aromatic hydroxyl groups is 1. The number of Topliss-reactive ketones (excluding diaryl/α,β-unsaturated/α-hetero) is 1. The number of hydrogen-bond acceptors (Lipinski definition) is 6. The van der Waals surface area contributed by atoms with E-state index in [-0.39, 0.29) is 53.8 Å². The lowest BCUT2D eigenvalue weighted by Gasteiger charge is -2.42. The van der Waals surface area contributed by atoms with Crippen LogP contribution in [0.4, 0.5) is 4.39 Å². The number of carboxylic acid groups (broad SMARTS) is 1. The molecule has 1 fully saturated rings. The molecule has 1 aliphatic heterocycles. The molecule has 1 aromatic carbocycles. The standard InChI is InChI=1S/C26H21BrFNO7/c27-16-10-19(31)23-15(24(16)34)9-14-12(21(23)11-3-6-18(30)17(28)8-11)4-5-13-22(14)26(36)29(25(13)35)7-1-2-20(32)33/h3-4,6,8,10,13-14,21-22,30H,1-2,5,7,9H2,(H,32,33). The molecule has 1 heterocycles. The Hall–Kier alpha value is -3.40. The van der Waals surface area contributed by atoms with Crippen molar-refractivity contribution in [2.75, 3.05) is 6.54 Å². The third-order valence-corrected chi connectivity index (χ3v) is 8.09. The Morgan fingerprint density at radius 3 is 2.58 bits per heavy atom. The second-order valence-corrected chi connectivity index (χ2v) is 10.3. The first-order chi connectivity index (χ1) is 17.1. The van der Waals surface area contributed by atoms with Gasteiger partial charge in [-0.1, -0.05) is 17.7 Å². The summed E-state index contributed by atoms with van der Waals surface area (Å²) in [5.74, 6) is -6.85. The molecule has 8 nitrogen and oxygen atoms in total. The number of carbonyl (C=O) groups excluding carboxylic acids is 4. The molecule has 1 saturated heterocycles. The fourth-order valence-electron chi connectivity index (χ4n) is 5.96. The highest BCUT2D eigenvalue weighted by Gasteiger charge is 2.56. The number of phenols is 1. The highest BCUT2D eigenvalue weighted by atomic mass is 79.9. The van der Waals surface area contributed by atoms with Gasteiger partial charge in [0.1, 0.15) is 0 Å². The number of amides is 2. The second-order valence-electron chi connectivity index (χ2n) is 9.43. The van der Waals surface area contributed by atoms with Crippen molar-refractivity contribution in [2.24, 2.45) is 17.8 Å². The molecule has 186 valence electrons. The summed E-state index contributed by atoms with van der Waals surface area (Å²) in [5.41, 5.74) is 1.46. The molecule has 0 aromatic heterocycles. The third kappa shape index (κ3) is 3.75. The van der Waals surface area contributed by atoms with E-state index in [1.165, 1.54) is 18.2 Å². The molecule has 4 aliphatic rings. The molecule has 4 atom stereocenters. The van der Waals surface area contributed by atoms with E-state index in [2.05, 4.69) is 15.9 Å². The van der Waals surface area contributed by atoms with Crippen LogP contribution in [0.5, 0.6) is 5.75 Å². The second kappa shape index (κ2) is 8.92. The molecule has 36 heavy (non-hydrogen) atoms. The van der Waals surface area contributed by atoms with Crippen molar-refractivity contribution >= 4 is 45.3 Å². The number of fused-ring (bicyclic) bond motifs is 3. The van der Waals surface area contributed by atoms with Gasteiger partial charge in [-0.3, -0.25) is 28.9 Å². The van der Waals surface area contributed by atoms with E-state index in [4.69, 9.17) is 5.11 Å². The zero-order valence-corrected chi connectivity index (χ0v) is 20.5. The van der Waals surface area contributed by atoms with Crippen LogP contribution in [0.2, 0.25) is 0 Å². The Bertz CT molecular complexity index is 1340. The first-order valence-corrected chi connectivity index (χ1v) is 12.3. The number of halogens is 2. The third-order valence-electron chi connectivity index (χ3n) is 7.50. The van der Waals surface area contributed by atoms with E-state index in [1.807, 2.05) is 6.08 Å². The van der Waals surface area contributed by atoms with Crippen LogP contribution in [0.3, 0.4) is 0 Å². The van der Waals surface area contributed by atoms with Crippen LogP contribution < -0.4 is 0 Å². The smallest absolute Gasteiger partial charge is 0.303 e. The summed E-state index contributed by atoms with van der Waals surface area (Å²) in [5, 5.41) is 18.6. The Labute approximate surface area is 213 Å². The fourth-order valence-corrected chi connectivity index (χ4v) is 6.41. The summed E-state index contributed by atoms with van der Waals surface area (Å²) in [7, 11) is 0. The largest absolute Gasteiger partial charge is 0.505 e. The van der Waals surface area contributed by atoms with Gasteiger partial charge in [0.15, 0.2) is 23.1 Å². The molecule has 0 radical (unpaired) electrons. The summed E-state index contributed by atoms with van der Waals surface area (Å²) >= 11 is 3.14. The molecule has 1 aromatic rings. The zero-order valence-electron chi connectivity index (χ0n) is 18.9. The summed E-state index contributed by atoms with van der Waals surface area (Å²) in [6.07, 6.45) is 3.26. The van der Waals surface area contributed by atoms with Crippen molar-refractivity contribution in [3.63, 3.8) is 0 Å². The number of rotatable bonds is 5. The lowest BCUT2D eigenvalue weighted by atomic mass is 9.59. The van der Waals surface area contributed by atoms with Crippen LogP contribution in [-0.2, 0) is 24.0 Å². The maximum atomic E-state index is 14.4. The number of aliphatic carboxylic acids is 1. The van der Waals surface area contributed by atoms with Gasteiger partial charge in [-0.2, -0.15) is 0 Å². The van der Waals surface area contributed by atoms with Gasteiger partial charge in [-0.15, -0.1) is 0 Å². The molecule has 0 spiro atoms. The lowest BCUT2D eigenvalue weighted by Crippen LogP contribution is -2.39. The van der Waals surface area contributed by atoms with Crippen molar-refractivity contribution in [2.45, 2.75) is 31.6 Å². The number of nitrogens with zero attached hydrogens (tertiary/aromatic N) is 1. The molecule has 10 heteroatoms. The van der Waals surface area contributed by atoms with Gasteiger partial charge >= 0.3 is 5.97 Å². The molecular weight excluding hydrogens is 537 g/mol. The molecular formula is C26H21BrFNO7. The number of phenolic OH excluding ortho intramolecular Hbond substituents is 1. The Kier molecular flexibility index (Phi) is 6.02. The minimum Gasteiger partial charge on any atom is -0.505 e. The van der Waals surface area contributed by atoms with E-state index >= 15 is 0 Å². The maximum Gasteiger partial charge on any atom is 0.303 e. The number of likely N-dealkylation sites (tertiary alicyclic amines) is 1. The summed E-state index contributed by atoms with van der Waals surface area (Å²) in [6, 6.07) is 3.77. The molecule has 0 bridgehead atoms. The first-order valence-electron chi connectivity index (χ1n) is 11.5. The molecule has 3 aliphatic carbocycles. The van der Waals surface area contributed by atoms with Crippen LogP contribution in [0.25, 0.3) is 0 Å². The molecule has 5 rings (SSSR count). The number of hydrogen-bond donors (Lipinski definition) is 2. The summed E-state index contributed by atoms with van der Waals surface area (Å²) in [6.45, 7) is -0.00866. The fraction of sp³-hybridized carbons (Fsp3) is 0.346. The summed E-state index contributed by atoms with van der Waals surface area (Å²) < 4.78 is 14.5. The van der Waals surface area contributed by atoms with Gasteiger partial charge < -0.3 is 10.2 Å². The molecule has 0 saturated carbocycles. The normalized spacial score (nSPS) is 27.4. The molecule has 4 unspecified atom stereocenters. The van der Waals surface area contributed by atoms with Gasteiger partial charge in [0.25, 0.3) is 0 Å². The Morgan fingerprint density at radius 2 is 1.89 bits per heavy atom. The van der Waals surface area contributed by atoms with E-state index in [0.717, 1.165) is 11.0 Å². The number of imide groups is 1. The number of allylic oxidation sites excluding steroid dienone is 6. The predicted molar refractivity (Wildman–Crippen MR) is 126 cm³/mol. The highest BCUT2D eigenvalue weighted by molar-refractivity contribution is 9.12. The maximum absolute atomic E-state index is 14.4. The van der Waals surface area contributed by atoms with Crippen LogP contribution >= 0.6 is 15.9 Å². The van der Waals surface area contributed by atoms with Crippen molar-refractivity contribution in [1.82, 2.24) is 4.90 Å². The van der Waals surface area contributed by atoms with Gasteiger partial charge in [0, 0.05) is 36.1 Å². The minimum absolute atomic E-state index is 0.00866. The van der Waals surface area contributed by atoms with Gasteiger partial charge in [0.05, 0.1) is 16.3 Å². The SMILES string of the molecule is O=C(O)CCCN1C(=O)C2CC=C3C(c4ccc(O)c(F)c4)C4=C(CC3C2C1=O)C(=O)C(Br)=CC4=O. The minimum atomic E-state index is -1.02. The number of carboxylic acids is 1. The van der Waals surface area contributed by atoms with Gasteiger partial charge in [-0.05, 0) is 58.8 Å². The number of benzene rings is 1. The quantitative estimate of drug-likeness (QED) is 0.323. The van der Waals surface area contributed by atoms with Gasteiger partial charge in [0.2, 0.25) is 11.8 Å². The van der Waals surface area contributed by atoms with E-state index in [0.29, 0.717) is 11.1 Å². The zero-order chi connectivity index (χ0) is 25.9. The molecule has 2 amide bonds. The lowest BCUT2D eigenvalue weighted by molar-refractivity contribution is -0.142. The summed E-state index contributed by atoms with van der Waals surface area (Å²) in [4.78, 5) is 64.7. The van der Waals surface area contributed by atoms with Crippen LogP contribution in [0.1, 0.15) is 37.2 Å². The van der Waals surface area contributed by atoms with Gasteiger partial charge in [-0.25, -0.2) is 4.39 Å². The van der Waals surface area contributed by atoms with Crippen molar-refractivity contribution < 1.29 is 38.6 Å².